The van der Waals surface area contributed by atoms with Crippen LogP contribution >= 0.6 is 0 Å². The number of piperidine rings is 2. The number of aliphatic hydroxyl groups is 1. The molecule has 2 fully saturated rings. The van der Waals surface area contributed by atoms with Crippen molar-refractivity contribution in [1.29, 1.82) is 0 Å². The monoisotopic (exact) mass is 278 g/mol. The van der Waals surface area contributed by atoms with Crippen molar-refractivity contribution in [2.45, 2.75) is 37.8 Å². The van der Waals surface area contributed by atoms with Crippen molar-refractivity contribution >= 4 is 6.09 Å². The Morgan fingerprint density at radius 3 is 2.80 bits per heavy atom. The van der Waals surface area contributed by atoms with Gasteiger partial charge in [0.2, 0.25) is 0 Å². The van der Waals surface area contributed by atoms with Gasteiger partial charge in [0.15, 0.2) is 0 Å². The smallest absolute Gasteiger partial charge is 0.417 e. The summed E-state index contributed by atoms with van der Waals surface area (Å²) < 4.78 is 6.81. The van der Waals surface area contributed by atoms with Gasteiger partial charge < -0.3 is 9.84 Å². The first-order valence-electron chi connectivity index (χ1n) is 7.48. The second-order valence-corrected chi connectivity index (χ2v) is 5.79. The van der Waals surface area contributed by atoms with Crippen LogP contribution in [-0.2, 0) is 4.74 Å². The van der Waals surface area contributed by atoms with Gasteiger partial charge in [-0.3, -0.25) is 9.47 Å². The summed E-state index contributed by atoms with van der Waals surface area (Å²) in [5, 5.41) is 10.2. The van der Waals surface area contributed by atoms with Crippen LogP contribution in [0.2, 0.25) is 0 Å². The van der Waals surface area contributed by atoms with Gasteiger partial charge in [0.05, 0.1) is 6.10 Å². The molecule has 110 valence electrons. The molecule has 3 atom stereocenters. The van der Waals surface area contributed by atoms with E-state index in [0.717, 1.165) is 25.9 Å². The van der Waals surface area contributed by atoms with Crippen molar-refractivity contribution in [2.24, 2.45) is 5.92 Å². The van der Waals surface area contributed by atoms with E-state index >= 15 is 0 Å². The summed E-state index contributed by atoms with van der Waals surface area (Å²) >= 11 is 0. The highest BCUT2D eigenvalue weighted by Gasteiger charge is 2.38. The van der Waals surface area contributed by atoms with Crippen molar-refractivity contribution < 1.29 is 14.6 Å². The lowest BCUT2D eigenvalue weighted by molar-refractivity contribution is -0.0544. The van der Waals surface area contributed by atoms with Crippen LogP contribution in [-0.4, -0.2) is 52.5 Å². The fourth-order valence-corrected chi connectivity index (χ4v) is 3.47. The lowest BCUT2D eigenvalue weighted by Gasteiger charge is -2.46. The summed E-state index contributed by atoms with van der Waals surface area (Å²) in [4.78, 5) is 14.3. The lowest BCUT2D eigenvalue weighted by atomic mass is 9.82. The Balaban J connectivity index is 1.61. The first-order valence-corrected chi connectivity index (χ1v) is 7.48. The minimum atomic E-state index is -0.366. The summed E-state index contributed by atoms with van der Waals surface area (Å²) in [6.07, 6.45) is 6.95. The highest BCUT2D eigenvalue weighted by molar-refractivity contribution is 5.70. The second kappa shape index (κ2) is 5.97. The molecule has 0 aliphatic carbocycles. The maximum atomic E-state index is 11.9. The lowest BCUT2D eigenvalue weighted by Crippen LogP contribution is -2.54. The van der Waals surface area contributed by atoms with Gasteiger partial charge in [-0.25, -0.2) is 4.79 Å². The Morgan fingerprint density at radius 2 is 2.00 bits per heavy atom. The predicted molar refractivity (Wildman–Crippen MR) is 74.5 cm³/mol. The average molecular weight is 278 g/mol. The van der Waals surface area contributed by atoms with Gasteiger partial charge in [-0.15, -0.1) is 0 Å². The Kier molecular flexibility index (Phi) is 4.08. The standard InChI is InChI=1S/C15H22N2O3/c18-14-6-10-16-7-2-1-5-13(16)12(14)11-20-15(19)17-8-3-4-9-17/h3-4,8-9,12-14,18H,1-2,5-7,10-11H2/t12-,13-,14+/m1/s1. The van der Waals surface area contributed by atoms with Gasteiger partial charge in [-0.2, -0.15) is 0 Å². The average Bonchev–Trinajstić information content (AvgIpc) is 3.00. The number of hydrogen-bond donors (Lipinski definition) is 1. The summed E-state index contributed by atoms with van der Waals surface area (Å²) in [5.74, 6) is 0.0450. The van der Waals surface area contributed by atoms with E-state index in [1.807, 2.05) is 0 Å². The third-order valence-corrected chi connectivity index (χ3v) is 4.58. The van der Waals surface area contributed by atoms with Crippen LogP contribution in [0.4, 0.5) is 4.79 Å². The van der Waals surface area contributed by atoms with Crippen molar-refractivity contribution in [2.75, 3.05) is 19.7 Å². The molecule has 3 rings (SSSR count). The molecule has 0 saturated carbocycles. The molecule has 20 heavy (non-hydrogen) atoms. The van der Waals surface area contributed by atoms with Gasteiger partial charge in [-0.1, -0.05) is 6.42 Å². The summed E-state index contributed by atoms with van der Waals surface area (Å²) in [7, 11) is 0. The Labute approximate surface area is 119 Å². The van der Waals surface area contributed by atoms with E-state index in [-0.39, 0.29) is 18.1 Å². The van der Waals surface area contributed by atoms with Gasteiger partial charge in [-0.05, 0) is 37.9 Å². The van der Waals surface area contributed by atoms with Gasteiger partial charge >= 0.3 is 6.09 Å². The first kappa shape index (κ1) is 13.6. The van der Waals surface area contributed by atoms with Crippen LogP contribution in [0.15, 0.2) is 24.5 Å². The number of fused-ring (bicyclic) bond motifs is 1. The number of aliphatic hydroxyl groups excluding tert-OH is 1. The maximum absolute atomic E-state index is 11.9. The summed E-state index contributed by atoms with van der Waals surface area (Å²) in [5.41, 5.74) is 0. The number of nitrogens with zero attached hydrogens (tertiary/aromatic N) is 2. The molecule has 2 saturated heterocycles. The fraction of sp³-hybridized carbons (Fsp3) is 0.667. The molecule has 2 aliphatic rings. The molecule has 0 aromatic carbocycles. The summed E-state index contributed by atoms with van der Waals surface area (Å²) in [6, 6.07) is 3.95. The van der Waals surface area contributed by atoms with E-state index in [9.17, 15) is 9.90 Å². The topological polar surface area (TPSA) is 54.7 Å². The van der Waals surface area contributed by atoms with Crippen LogP contribution in [0.1, 0.15) is 25.7 Å². The molecule has 1 N–H and O–H groups in total. The van der Waals surface area contributed by atoms with E-state index in [1.165, 1.54) is 17.4 Å². The largest absolute Gasteiger partial charge is 0.448 e. The quantitative estimate of drug-likeness (QED) is 0.895. The van der Waals surface area contributed by atoms with Gasteiger partial charge in [0.25, 0.3) is 0 Å². The molecule has 0 bridgehead atoms. The SMILES string of the molecule is O=C(OC[C@@H]1[C@H]2CCCCN2CC[C@@H]1O)n1cccc1. The molecule has 5 nitrogen and oxygen atoms in total. The Morgan fingerprint density at radius 1 is 1.20 bits per heavy atom. The zero-order chi connectivity index (χ0) is 13.9. The molecule has 2 aliphatic heterocycles. The maximum Gasteiger partial charge on any atom is 0.417 e. The Hall–Kier alpha value is -1.33. The van der Waals surface area contributed by atoms with E-state index in [4.69, 9.17) is 4.74 Å². The van der Waals surface area contributed by atoms with Crippen molar-refractivity contribution in [3.05, 3.63) is 24.5 Å². The van der Waals surface area contributed by atoms with E-state index < -0.39 is 0 Å². The second-order valence-electron chi connectivity index (χ2n) is 5.79. The molecule has 5 heteroatoms. The minimum absolute atomic E-state index is 0.0450. The molecular weight excluding hydrogens is 256 g/mol. The van der Waals surface area contributed by atoms with Crippen LogP contribution in [0.5, 0.6) is 0 Å². The highest BCUT2D eigenvalue weighted by atomic mass is 16.5. The van der Waals surface area contributed by atoms with Crippen LogP contribution in [0.25, 0.3) is 0 Å². The third kappa shape index (κ3) is 2.74. The third-order valence-electron chi connectivity index (χ3n) is 4.58. The van der Waals surface area contributed by atoms with Crippen LogP contribution in [0, 0.1) is 5.92 Å². The minimum Gasteiger partial charge on any atom is -0.448 e. The molecule has 1 aromatic heterocycles. The molecular formula is C15H22N2O3. The highest BCUT2D eigenvalue weighted by Crippen LogP contribution is 2.31. The van der Waals surface area contributed by atoms with Crippen molar-refractivity contribution in [1.82, 2.24) is 9.47 Å². The number of aromatic nitrogens is 1. The summed E-state index contributed by atoms with van der Waals surface area (Å²) in [6.45, 7) is 2.38. The first-order chi connectivity index (χ1) is 9.75. The van der Waals surface area contributed by atoms with Crippen molar-refractivity contribution in [3.8, 4) is 0 Å². The predicted octanol–water partition coefficient (Wildman–Crippen LogP) is 1.71. The zero-order valence-electron chi connectivity index (χ0n) is 11.6. The van der Waals surface area contributed by atoms with Crippen LogP contribution in [0.3, 0.4) is 0 Å². The number of carbonyl (C=O) groups is 1. The van der Waals surface area contributed by atoms with Crippen molar-refractivity contribution in [3.63, 3.8) is 0 Å². The van der Waals surface area contributed by atoms with E-state index in [0.29, 0.717) is 12.6 Å². The fourth-order valence-electron chi connectivity index (χ4n) is 3.47. The molecule has 3 heterocycles. The van der Waals surface area contributed by atoms with E-state index in [1.54, 1.807) is 24.5 Å². The number of hydrogen-bond acceptors (Lipinski definition) is 4. The van der Waals surface area contributed by atoms with E-state index in [2.05, 4.69) is 4.90 Å². The Bertz CT molecular complexity index is 446. The molecule has 0 amide bonds. The van der Waals surface area contributed by atoms with Gasteiger partial charge in [0, 0.05) is 30.9 Å². The van der Waals surface area contributed by atoms with Crippen LogP contribution < -0.4 is 0 Å². The normalized spacial score (nSPS) is 30.8. The number of rotatable bonds is 2. The molecule has 0 radical (unpaired) electrons. The zero-order valence-corrected chi connectivity index (χ0v) is 11.6. The number of carbonyl (C=O) groups excluding carboxylic acids is 1. The molecule has 0 spiro atoms. The number of ether oxygens (including phenoxy) is 1. The molecule has 0 unspecified atom stereocenters. The molecule has 1 aromatic rings. The van der Waals surface area contributed by atoms with Gasteiger partial charge in [0.1, 0.15) is 6.61 Å².